The molecule has 0 nitrogen and oxygen atoms in total. The van der Waals surface area contributed by atoms with Gasteiger partial charge in [-0.3, -0.25) is 0 Å². The van der Waals surface area contributed by atoms with Crippen molar-refractivity contribution in [3.8, 4) is 0 Å². The van der Waals surface area contributed by atoms with Crippen LogP contribution < -0.4 is 51.4 Å². The van der Waals surface area contributed by atoms with E-state index in [1.807, 2.05) is 0 Å². The van der Waals surface area contributed by atoms with Gasteiger partial charge in [0.25, 0.3) is 0 Å². The van der Waals surface area contributed by atoms with E-state index in [0.717, 1.165) is 0 Å². The van der Waals surface area contributed by atoms with Crippen molar-refractivity contribution in [2.75, 3.05) is 0 Å². The standard InChI is InChI=1S/C32BF28.C8F8.Na/c34-9-1(17(42)29(54)55)10(35)22(47)5(21(9)46)33(6-23(48)11(36)2(12(37)24(6)49)18(43)30(56)57,7-25(50)13(38)3(14(39)26(7)51)19(44)31(58)59)8-27(52)15(40)4(16(41)28(8)53)20(45)32(60)61;9-2-1(4(11)8(15)16)3(10)6(13)7(14)5(2)12;/q-1;;+1. The second kappa shape index (κ2) is 23.7. The van der Waals surface area contributed by atoms with Crippen molar-refractivity contribution in [3.63, 3.8) is 0 Å². The first-order chi connectivity index (χ1) is 35.3. The summed E-state index contributed by atoms with van der Waals surface area (Å²) in [6, 6.07) is 0. The van der Waals surface area contributed by atoms with Crippen molar-refractivity contribution in [1.29, 1.82) is 0 Å². The Labute approximate surface area is 424 Å². The summed E-state index contributed by atoms with van der Waals surface area (Å²) in [4.78, 5) is 0. The topological polar surface area (TPSA) is 0 Å². The number of rotatable bonds is 9. The summed E-state index contributed by atoms with van der Waals surface area (Å²) in [5.41, 5.74) is -32.8. The van der Waals surface area contributed by atoms with Gasteiger partial charge in [-0.15, -0.1) is 21.9 Å². The van der Waals surface area contributed by atoms with Gasteiger partial charge in [-0.05, 0) is 0 Å². The maximum atomic E-state index is 16.2. The summed E-state index contributed by atoms with van der Waals surface area (Å²) in [5, 5.41) is 0. The molecule has 0 heterocycles. The van der Waals surface area contributed by atoms with Crippen LogP contribution in [0.15, 0.2) is 30.4 Å². The van der Waals surface area contributed by atoms with E-state index in [9.17, 15) is 87.8 Å². The van der Waals surface area contributed by atoms with Crippen molar-refractivity contribution in [2.24, 2.45) is 0 Å². The third kappa shape index (κ3) is 10.3. The van der Waals surface area contributed by atoms with Crippen LogP contribution in [0.25, 0.3) is 29.1 Å². The van der Waals surface area contributed by atoms with E-state index in [-0.39, 0.29) is 29.6 Å². The minimum Gasteiger partial charge on any atom is -0.207 e. The molecule has 0 saturated heterocycles. The first-order valence-corrected chi connectivity index (χ1v) is 18.0. The molecular weight excluding hydrogens is 1200 g/mol. The SMILES string of the molecule is FC(F)=C(F)c1c(F)c(F)c(F)c(F)c1F.FC(F)=C(F)c1c(F)c(F)c([B-](c2c(F)c(F)c(C(F)=C(F)F)c(F)c2F)(c2c(F)c(F)c(C(F)=C(F)F)c(F)c2F)c2c(F)c(F)c(C(F)=C(F)F)c(F)c2F)c(F)c1F.[Na+]. The second-order valence-electron chi connectivity index (χ2n) is 13.9. The molecule has 0 aliphatic carbocycles. The second-order valence-corrected chi connectivity index (χ2v) is 13.9. The minimum atomic E-state index is -8.01. The van der Waals surface area contributed by atoms with Crippen LogP contribution in [0.4, 0.5) is 158 Å². The number of hydrogen-bond donors (Lipinski definition) is 0. The third-order valence-corrected chi connectivity index (χ3v) is 10.1. The molecular formula is C40BF36Na. The molecule has 0 unspecified atom stereocenters. The Hall–Kier alpha value is -6.66. The van der Waals surface area contributed by atoms with Crippen molar-refractivity contribution in [3.05, 3.63) is 180 Å². The van der Waals surface area contributed by atoms with Crippen LogP contribution in [0.3, 0.4) is 0 Å². The van der Waals surface area contributed by atoms with Crippen LogP contribution in [0.1, 0.15) is 27.8 Å². The molecule has 0 aromatic heterocycles. The summed E-state index contributed by atoms with van der Waals surface area (Å²) in [5.74, 6) is -96.9. The molecule has 0 aliphatic heterocycles. The Morgan fingerprint density at radius 1 is 0.167 bits per heavy atom. The Kier molecular flexibility index (Phi) is 20.0. The molecule has 0 saturated carbocycles. The van der Waals surface area contributed by atoms with Gasteiger partial charge in [0.05, 0.1) is 27.8 Å². The maximum absolute atomic E-state index is 16.2. The molecule has 0 amide bonds. The summed E-state index contributed by atoms with van der Waals surface area (Å²) >= 11 is 0. The van der Waals surface area contributed by atoms with Gasteiger partial charge in [0.2, 0.25) is 35.0 Å². The number of benzene rings is 5. The van der Waals surface area contributed by atoms with Crippen LogP contribution in [0.2, 0.25) is 0 Å². The molecule has 78 heavy (non-hydrogen) atoms. The molecule has 0 N–H and O–H groups in total. The summed E-state index contributed by atoms with van der Waals surface area (Å²) in [7, 11) is 0. The van der Waals surface area contributed by atoms with Gasteiger partial charge in [-0.25, -0.2) is 114 Å². The third-order valence-electron chi connectivity index (χ3n) is 10.1. The Morgan fingerprint density at radius 2 is 0.269 bits per heavy atom. The molecule has 5 aromatic carbocycles. The average molecular weight is 1200 g/mol. The Morgan fingerprint density at radius 3 is 0.385 bits per heavy atom. The zero-order chi connectivity index (χ0) is 59.6. The van der Waals surface area contributed by atoms with Crippen molar-refractivity contribution in [1.82, 2.24) is 0 Å². The molecule has 0 atom stereocenters. The van der Waals surface area contributed by atoms with Gasteiger partial charge >= 0.3 is 60.0 Å². The van der Waals surface area contributed by atoms with Gasteiger partial charge < -0.3 is 0 Å². The van der Waals surface area contributed by atoms with E-state index in [0.29, 0.717) is 0 Å². The van der Waals surface area contributed by atoms with Gasteiger partial charge in [-0.1, -0.05) is 0 Å². The van der Waals surface area contributed by atoms with Crippen LogP contribution >= 0.6 is 0 Å². The first-order valence-electron chi connectivity index (χ1n) is 18.0. The summed E-state index contributed by atoms with van der Waals surface area (Å²) < 4.78 is 513. The van der Waals surface area contributed by atoms with Crippen LogP contribution in [-0.4, -0.2) is 6.15 Å². The van der Waals surface area contributed by atoms with Gasteiger partial charge in [-0.2, -0.15) is 43.9 Å². The largest absolute Gasteiger partial charge is 1.00 e. The van der Waals surface area contributed by atoms with E-state index in [1.165, 1.54) is 0 Å². The average Bonchev–Trinajstić information content (AvgIpc) is 3.35. The Balaban J connectivity index is 0.000000805. The van der Waals surface area contributed by atoms with Gasteiger partial charge in [0, 0.05) is 0 Å². The van der Waals surface area contributed by atoms with E-state index in [4.69, 9.17) is 0 Å². The van der Waals surface area contributed by atoms with E-state index >= 15 is 70.2 Å². The molecule has 0 aliphatic rings. The van der Waals surface area contributed by atoms with E-state index < -0.39 is 238 Å². The summed E-state index contributed by atoms with van der Waals surface area (Å²) in [6.45, 7) is 0. The van der Waals surface area contributed by atoms with Crippen LogP contribution in [-0.2, 0) is 0 Å². The van der Waals surface area contributed by atoms with E-state index in [1.54, 1.807) is 0 Å². The zero-order valence-corrected chi connectivity index (χ0v) is 37.2. The normalized spacial score (nSPS) is 11.2. The molecule has 0 radical (unpaired) electrons. The fourth-order valence-electron chi connectivity index (χ4n) is 7.02. The molecule has 5 rings (SSSR count). The molecule has 0 fully saturated rings. The predicted molar refractivity (Wildman–Crippen MR) is 187 cm³/mol. The fourth-order valence-corrected chi connectivity index (χ4v) is 7.02. The predicted octanol–water partition coefficient (Wildman–Crippen LogP) is 12.3. The maximum Gasteiger partial charge on any atom is 1.00 e. The molecule has 5 aromatic rings. The summed E-state index contributed by atoms with van der Waals surface area (Å²) in [6.07, 6.45) is -27.4. The van der Waals surface area contributed by atoms with Gasteiger partial charge in [0.1, 0.15) is 52.7 Å². The smallest absolute Gasteiger partial charge is 0.207 e. The molecule has 0 spiro atoms. The zero-order valence-electron chi connectivity index (χ0n) is 35.2. The number of halogens is 36. The molecule has 416 valence electrons. The van der Waals surface area contributed by atoms with Crippen molar-refractivity contribution in [2.45, 2.75) is 0 Å². The monoisotopic (exact) mass is 1200 g/mol. The minimum absolute atomic E-state index is 0. The van der Waals surface area contributed by atoms with E-state index in [2.05, 4.69) is 0 Å². The van der Waals surface area contributed by atoms with Crippen molar-refractivity contribution >= 4 is 57.1 Å². The fraction of sp³-hybridized carbons (Fsp3) is 0. The van der Waals surface area contributed by atoms with Crippen LogP contribution in [0, 0.1) is 122 Å². The Bertz CT molecular complexity index is 3000. The van der Waals surface area contributed by atoms with Gasteiger partial charge in [0.15, 0.2) is 69.8 Å². The molecule has 38 heteroatoms. The quantitative estimate of drug-likeness (QED) is 0.0597. The first kappa shape index (κ1) is 65.6. The molecule has 0 bridgehead atoms. The van der Waals surface area contributed by atoms with Crippen molar-refractivity contribution < 1.29 is 188 Å². The number of hydrogen-bond acceptors (Lipinski definition) is 0. The van der Waals surface area contributed by atoms with Crippen LogP contribution in [0.5, 0.6) is 0 Å².